The molecular formula is C39H64O5. The first-order chi connectivity index (χ1) is 21.6. The zero-order chi connectivity index (χ0) is 32.2. The summed E-state index contributed by atoms with van der Waals surface area (Å²) in [5, 5.41) is 9.49. The summed E-state index contributed by atoms with van der Waals surface area (Å²) in [6.45, 7) is 3.97. The molecule has 0 aliphatic heterocycles. The monoisotopic (exact) mass is 612 g/mol. The van der Waals surface area contributed by atoms with E-state index in [9.17, 15) is 14.7 Å². The number of hydrogen-bond donors (Lipinski definition) is 1. The molecule has 44 heavy (non-hydrogen) atoms. The van der Waals surface area contributed by atoms with Gasteiger partial charge in [-0.15, -0.1) is 0 Å². The van der Waals surface area contributed by atoms with E-state index >= 15 is 0 Å². The second-order valence-corrected chi connectivity index (χ2v) is 11.2. The van der Waals surface area contributed by atoms with Crippen molar-refractivity contribution in [3.05, 3.63) is 72.9 Å². The Balaban J connectivity index is 3.76. The topological polar surface area (TPSA) is 72.8 Å². The van der Waals surface area contributed by atoms with Gasteiger partial charge in [-0.2, -0.15) is 0 Å². The van der Waals surface area contributed by atoms with Gasteiger partial charge in [0.05, 0.1) is 6.61 Å². The highest BCUT2D eigenvalue weighted by atomic mass is 16.6. The molecule has 5 heteroatoms. The zero-order valence-electron chi connectivity index (χ0n) is 28.1. The van der Waals surface area contributed by atoms with Crippen molar-refractivity contribution >= 4 is 11.9 Å². The van der Waals surface area contributed by atoms with Gasteiger partial charge in [0, 0.05) is 12.8 Å². The maximum Gasteiger partial charge on any atom is 0.306 e. The number of ether oxygens (including phenoxy) is 2. The van der Waals surface area contributed by atoms with Crippen LogP contribution in [0.25, 0.3) is 0 Å². The molecule has 250 valence electrons. The lowest BCUT2D eigenvalue weighted by atomic mass is 10.1. The van der Waals surface area contributed by atoms with Crippen LogP contribution in [-0.2, 0) is 19.1 Å². The Bertz CT molecular complexity index is 833. The maximum absolute atomic E-state index is 12.1. The molecule has 0 radical (unpaired) electrons. The first-order valence-electron chi connectivity index (χ1n) is 17.5. The number of aliphatic hydroxyl groups is 1. The van der Waals surface area contributed by atoms with Crippen molar-refractivity contribution in [3.63, 3.8) is 0 Å². The van der Waals surface area contributed by atoms with Crippen LogP contribution in [0.4, 0.5) is 0 Å². The van der Waals surface area contributed by atoms with Crippen molar-refractivity contribution in [1.82, 2.24) is 0 Å². The van der Waals surface area contributed by atoms with Crippen LogP contribution in [0, 0.1) is 0 Å². The van der Waals surface area contributed by atoms with Crippen LogP contribution in [0.15, 0.2) is 72.9 Å². The van der Waals surface area contributed by atoms with E-state index in [1.165, 1.54) is 57.8 Å². The molecule has 0 saturated carbocycles. The fourth-order valence-electron chi connectivity index (χ4n) is 4.28. The van der Waals surface area contributed by atoms with Gasteiger partial charge in [0.2, 0.25) is 0 Å². The van der Waals surface area contributed by atoms with Gasteiger partial charge in [0.1, 0.15) is 6.61 Å². The highest BCUT2D eigenvalue weighted by Crippen LogP contribution is 2.10. The fraction of sp³-hybridized carbons (Fsp3) is 0.641. The van der Waals surface area contributed by atoms with E-state index in [-0.39, 0.29) is 31.6 Å². The largest absolute Gasteiger partial charge is 0.462 e. The predicted molar refractivity (Wildman–Crippen MR) is 186 cm³/mol. The van der Waals surface area contributed by atoms with Gasteiger partial charge in [-0.1, -0.05) is 132 Å². The van der Waals surface area contributed by atoms with Crippen molar-refractivity contribution in [2.24, 2.45) is 0 Å². The van der Waals surface area contributed by atoms with Gasteiger partial charge in [-0.05, 0) is 70.6 Å². The number of rotatable bonds is 30. The summed E-state index contributed by atoms with van der Waals surface area (Å²) in [6.07, 6.45) is 45.4. The molecule has 0 aromatic heterocycles. The molecule has 0 aromatic rings. The van der Waals surface area contributed by atoms with E-state index < -0.39 is 6.10 Å². The molecule has 0 amide bonds. The normalized spacial score (nSPS) is 13.1. The molecule has 1 atom stereocenters. The van der Waals surface area contributed by atoms with Gasteiger partial charge >= 0.3 is 11.9 Å². The third-order valence-corrected chi connectivity index (χ3v) is 6.99. The first kappa shape index (κ1) is 41.3. The van der Waals surface area contributed by atoms with Crippen molar-refractivity contribution in [1.29, 1.82) is 0 Å². The van der Waals surface area contributed by atoms with E-state index in [4.69, 9.17) is 9.47 Å². The Kier molecular flexibility index (Phi) is 32.7. The molecule has 0 aliphatic rings. The minimum absolute atomic E-state index is 0.112. The lowest BCUT2D eigenvalue weighted by molar-refractivity contribution is -0.161. The van der Waals surface area contributed by atoms with E-state index in [0.29, 0.717) is 12.8 Å². The molecule has 0 unspecified atom stereocenters. The van der Waals surface area contributed by atoms with E-state index in [1.807, 2.05) is 12.2 Å². The molecule has 0 rings (SSSR count). The number of aliphatic hydroxyl groups excluding tert-OH is 1. The van der Waals surface area contributed by atoms with Crippen LogP contribution < -0.4 is 0 Å². The molecule has 1 N–H and O–H groups in total. The average Bonchev–Trinajstić information content (AvgIpc) is 3.02. The molecular weight excluding hydrogens is 548 g/mol. The Morgan fingerprint density at radius 1 is 0.523 bits per heavy atom. The van der Waals surface area contributed by atoms with Crippen molar-refractivity contribution in [3.8, 4) is 0 Å². The third kappa shape index (κ3) is 32.3. The third-order valence-electron chi connectivity index (χ3n) is 6.99. The number of carbonyl (C=O) groups excluding carboxylic acids is 2. The van der Waals surface area contributed by atoms with E-state index in [2.05, 4.69) is 74.6 Å². The van der Waals surface area contributed by atoms with E-state index in [0.717, 1.165) is 51.4 Å². The maximum atomic E-state index is 12.1. The summed E-state index contributed by atoms with van der Waals surface area (Å²) in [4.78, 5) is 24.1. The predicted octanol–water partition coefficient (Wildman–Crippen LogP) is 10.6. The summed E-state index contributed by atoms with van der Waals surface area (Å²) in [7, 11) is 0. The van der Waals surface area contributed by atoms with Crippen LogP contribution in [0.1, 0.15) is 142 Å². The minimum Gasteiger partial charge on any atom is -0.462 e. The number of carbonyl (C=O) groups is 2. The Hall–Kier alpha value is -2.66. The average molecular weight is 613 g/mol. The van der Waals surface area contributed by atoms with Crippen LogP contribution in [-0.4, -0.2) is 36.4 Å². The molecule has 0 bridgehead atoms. The molecule has 0 spiro atoms. The van der Waals surface area contributed by atoms with Gasteiger partial charge in [-0.3, -0.25) is 9.59 Å². The SMILES string of the molecule is CCCCC=CCCCCCCCC(=O)O[C@@H](CO)COC(=O)CCC=CCC=CCC=CCC=CCC=CCCCCC. The minimum atomic E-state index is -0.807. The Morgan fingerprint density at radius 3 is 1.55 bits per heavy atom. The quantitative estimate of drug-likeness (QED) is 0.0496. The smallest absolute Gasteiger partial charge is 0.306 e. The van der Waals surface area contributed by atoms with E-state index in [1.54, 1.807) is 0 Å². The first-order valence-corrected chi connectivity index (χ1v) is 17.5. The molecule has 0 fully saturated rings. The second kappa shape index (κ2) is 34.8. The van der Waals surface area contributed by atoms with Gasteiger partial charge in [0.15, 0.2) is 6.10 Å². The summed E-state index contributed by atoms with van der Waals surface area (Å²) in [6, 6.07) is 0. The van der Waals surface area contributed by atoms with Gasteiger partial charge < -0.3 is 14.6 Å². The summed E-state index contributed by atoms with van der Waals surface area (Å²) in [5.41, 5.74) is 0. The van der Waals surface area contributed by atoms with Crippen molar-refractivity contribution in [2.75, 3.05) is 13.2 Å². The highest BCUT2D eigenvalue weighted by molar-refractivity contribution is 5.70. The molecule has 0 aromatic carbocycles. The summed E-state index contributed by atoms with van der Waals surface area (Å²) in [5.74, 6) is -0.708. The Labute approximate surface area is 270 Å². The second-order valence-electron chi connectivity index (χ2n) is 11.2. The number of hydrogen-bond acceptors (Lipinski definition) is 5. The van der Waals surface area contributed by atoms with Crippen molar-refractivity contribution < 1.29 is 24.2 Å². The number of allylic oxidation sites excluding steroid dienone is 12. The molecule has 0 saturated heterocycles. The lowest BCUT2D eigenvalue weighted by Gasteiger charge is -2.15. The lowest BCUT2D eigenvalue weighted by Crippen LogP contribution is -2.28. The van der Waals surface area contributed by atoms with Crippen LogP contribution >= 0.6 is 0 Å². The summed E-state index contributed by atoms with van der Waals surface area (Å²) >= 11 is 0. The summed E-state index contributed by atoms with van der Waals surface area (Å²) < 4.78 is 10.5. The fourth-order valence-corrected chi connectivity index (χ4v) is 4.28. The number of unbranched alkanes of at least 4 members (excludes halogenated alkanes) is 10. The van der Waals surface area contributed by atoms with Crippen LogP contribution in [0.5, 0.6) is 0 Å². The highest BCUT2D eigenvalue weighted by Gasteiger charge is 2.15. The van der Waals surface area contributed by atoms with Gasteiger partial charge in [-0.25, -0.2) is 0 Å². The van der Waals surface area contributed by atoms with Gasteiger partial charge in [0.25, 0.3) is 0 Å². The number of esters is 2. The van der Waals surface area contributed by atoms with Crippen LogP contribution in [0.2, 0.25) is 0 Å². The zero-order valence-corrected chi connectivity index (χ0v) is 28.1. The molecule has 5 nitrogen and oxygen atoms in total. The van der Waals surface area contributed by atoms with Crippen LogP contribution in [0.3, 0.4) is 0 Å². The molecule has 0 heterocycles. The van der Waals surface area contributed by atoms with Crippen molar-refractivity contribution in [2.45, 2.75) is 148 Å². The molecule has 0 aliphatic carbocycles. The standard InChI is InChI=1S/C39H64O5/c1-3-5-7-9-11-13-15-16-17-18-19-20-21-22-24-25-27-29-31-33-38(41)43-36-37(35-40)44-39(42)34-32-30-28-26-23-14-12-10-8-6-4-2/h10-13,16-17,19-20,22,24,27,29,37,40H,3-9,14-15,18,21,23,25-26,28,30-36H2,1-2H3/t37-/m0/s1. The Morgan fingerprint density at radius 2 is 0.977 bits per heavy atom.